The van der Waals surface area contributed by atoms with E-state index in [0.717, 1.165) is 17.7 Å². The number of carboxylic acid groups (broad SMARTS) is 1. The third kappa shape index (κ3) is 4.11. The van der Waals surface area contributed by atoms with E-state index in [1.165, 1.54) is 12.1 Å². The van der Waals surface area contributed by atoms with Crippen LogP contribution in [-0.4, -0.2) is 20.6 Å². The lowest BCUT2D eigenvalue weighted by atomic mass is 10.1. The second kappa shape index (κ2) is 7.95. The molecule has 1 N–H and O–H groups in total. The lowest BCUT2D eigenvalue weighted by molar-refractivity contribution is -0.131. The normalized spacial score (nSPS) is 11.3. The highest BCUT2D eigenvalue weighted by atomic mass is 19.1. The molecule has 138 valence electrons. The standard InChI is InChI=1S/C21H19FN2O3/c1-2-19-23-18-13-17(22)15(8-9-20(25)26)12-16(18)21(27)24(19)11-10-14-6-4-3-5-7-14/h3-9,12-13H,2,10-11H2,1H3,(H,25,26). The van der Waals surface area contributed by atoms with Crippen LogP contribution in [0.15, 0.2) is 53.3 Å². The van der Waals surface area contributed by atoms with Crippen LogP contribution < -0.4 is 5.56 Å². The Kier molecular flexibility index (Phi) is 5.45. The van der Waals surface area contributed by atoms with Crippen molar-refractivity contribution >= 4 is 22.9 Å². The molecule has 1 heterocycles. The minimum absolute atomic E-state index is 0.0441. The molecule has 0 saturated carbocycles. The Labute approximate surface area is 155 Å². The van der Waals surface area contributed by atoms with Gasteiger partial charge in [0.15, 0.2) is 0 Å². The van der Waals surface area contributed by atoms with Crippen molar-refractivity contribution in [2.24, 2.45) is 0 Å². The second-order valence-electron chi connectivity index (χ2n) is 6.14. The van der Waals surface area contributed by atoms with E-state index in [1.54, 1.807) is 4.57 Å². The van der Waals surface area contributed by atoms with Crippen LogP contribution in [0.1, 0.15) is 23.9 Å². The number of nitrogens with zero attached hydrogens (tertiary/aromatic N) is 2. The number of aryl methyl sites for hydroxylation is 2. The molecule has 2 aromatic carbocycles. The maximum Gasteiger partial charge on any atom is 0.328 e. The minimum atomic E-state index is -1.19. The molecule has 0 saturated heterocycles. The number of halogens is 1. The molecule has 0 amide bonds. The molecule has 3 rings (SSSR count). The molecule has 3 aromatic rings. The van der Waals surface area contributed by atoms with Gasteiger partial charge in [-0.15, -0.1) is 0 Å². The number of benzene rings is 2. The fourth-order valence-electron chi connectivity index (χ4n) is 2.98. The first-order valence-corrected chi connectivity index (χ1v) is 8.67. The van der Waals surface area contributed by atoms with Crippen LogP contribution in [0, 0.1) is 5.82 Å². The van der Waals surface area contributed by atoms with Gasteiger partial charge in [0.25, 0.3) is 5.56 Å². The summed E-state index contributed by atoms with van der Waals surface area (Å²) in [6.45, 7) is 2.36. The lowest BCUT2D eigenvalue weighted by Crippen LogP contribution is -2.26. The number of carboxylic acids is 1. The van der Waals surface area contributed by atoms with Gasteiger partial charge in [-0.25, -0.2) is 14.2 Å². The Morgan fingerprint density at radius 3 is 2.67 bits per heavy atom. The zero-order valence-corrected chi connectivity index (χ0v) is 14.9. The van der Waals surface area contributed by atoms with Gasteiger partial charge in [0.1, 0.15) is 11.6 Å². The van der Waals surface area contributed by atoms with E-state index in [1.807, 2.05) is 37.3 Å². The molecular formula is C21H19FN2O3. The summed E-state index contributed by atoms with van der Waals surface area (Å²) in [7, 11) is 0. The van der Waals surface area contributed by atoms with Crippen molar-refractivity contribution in [3.8, 4) is 0 Å². The number of aliphatic carboxylic acids is 1. The fraction of sp³-hybridized carbons (Fsp3) is 0.190. The maximum absolute atomic E-state index is 14.2. The first kappa shape index (κ1) is 18.5. The molecule has 0 fully saturated rings. The number of hydrogen-bond donors (Lipinski definition) is 1. The summed E-state index contributed by atoms with van der Waals surface area (Å²) in [5.74, 6) is -1.21. The van der Waals surface area contributed by atoms with E-state index in [0.29, 0.717) is 25.2 Å². The summed E-state index contributed by atoms with van der Waals surface area (Å²) in [5, 5.41) is 9.01. The first-order valence-electron chi connectivity index (χ1n) is 8.67. The maximum atomic E-state index is 14.2. The number of fused-ring (bicyclic) bond motifs is 1. The second-order valence-corrected chi connectivity index (χ2v) is 6.14. The van der Waals surface area contributed by atoms with Crippen molar-refractivity contribution in [2.75, 3.05) is 0 Å². The Morgan fingerprint density at radius 2 is 2.00 bits per heavy atom. The Bertz CT molecular complexity index is 1070. The average Bonchev–Trinajstić information content (AvgIpc) is 2.66. The fourth-order valence-corrected chi connectivity index (χ4v) is 2.98. The van der Waals surface area contributed by atoms with E-state index in [-0.39, 0.29) is 22.0 Å². The monoisotopic (exact) mass is 366 g/mol. The smallest absolute Gasteiger partial charge is 0.328 e. The SMILES string of the molecule is CCc1nc2cc(F)c(C=CC(=O)O)cc2c(=O)n1CCc1ccccc1. The van der Waals surface area contributed by atoms with Gasteiger partial charge < -0.3 is 5.11 Å². The van der Waals surface area contributed by atoms with Crippen LogP contribution >= 0.6 is 0 Å². The number of hydrogen-bond acceptors (Lipinski definition) is 3. The van der Waals surface area contributed by atoms with Crippen molar-refractivity contribution in [3.05, 3.63) is 81.7 Å². The third-order valence-electron chi connectivity index (χ3n) is 4.34. The van der Waals surface area contributed by atoms with E-state index in [2.05, 4.69) is 4.98 Å². The molecule has 0 aliphatic rings. The molecule has 5 nitrogen and oxygen atoms in total. The summed E-state index contributed by atoms with van der Waals surface area (Å²) < 4.78 is 15.8. The van der Waals surface area contributed by atoms with Crippen molar-refractivity contribution in [3.63, 3.8) is 0 Å². The molecule has 0 aliphatic heterocycles. The van der Waals surface area contributed by atoms with Crippen LogP contribution in [0.3, 0.4) is 0 Å². The molecular weight excluding hydrogens is 347 g/mol. The Morgan fingerprint density at radius 1 is 1.26 bits per heavy atom. The van der Waals surface area contributed by atoms with Gasteiger partial charge in [0.05, 0.1) is 10.9 Å². The highest BCUT2D eigenvalue weighted by Crippen LogP contribution is 2.18. The van der Waals surface area contributed by atoms with Gasteiger partial charge in [-0.3, -0.25) is 9.36 Å². The van der Waals surface area contributed by atoms with Crippen LogP contribution in [0.4, 0.5) is 4.39 Å². The summed E-state index contributed by atoms with van der Waals surface area (Å²) in [6.07, 6.45) is 3.20. The van der Waals surface area contributed by atoms with Gasteiger partial charge in [0, 0.05) is 30.7 Å². The molecule has 0 spiro atoms. The molecule has 27 heavy (non-hydrogen) atoms. The molecule has 0 aliphatic carbocycles. The zero-order chi connectivity index (χ0) is 19.4. The number of aromatic nitrogens is 2. The highest BCUT2D eigenvalue weighted by Gasteiger charge is 2.13. The summed E-state index contributed by atoms with van der Waals surface area (Å²) >= 11 is 0. The predicted octanol–water partition coefficient (Wildman–Crippen LogP) is 3.44. The van der Waals surface area contributed by atoms with E-state index in [9.17, 15) is 14.0 Å². The molecule has 6 heteroatoms. The third-order valence-corrected chi connectivity index (χ3v) is 4.34. The van der Waals surface area contributed by atoms with Crippen molar-refractivity contribution in [1.29, 1.82) is 0 Å². The van der Waals surface area contributed by atoms with Crippen LogP contribution in [-0.2, 0) is 24.2 Å². The molecule has 1 aromatic heterocycles. The molecule has 0 bridgehead atoms. The van der Waals surface area contributed by atoms with E-state index < -0.39 is 11.8 Å². The Hall–Kier alpha value is -3.28. The van der Waals surface area contributed by atoms with Gasteiger partial charge >= 0.3 is 5.97 Å². The van der Waals surface area contributed by atoms with Crippen molar-refractivity contribution < 1.29 is 14.3 Å². The van der Waals surface area contributed by atoms with Crippen LogP contribution in [0.5, 0.6) is 0 Å². The zero-order valence-electron chi connectivity index (χ0n) is 14.9. The van der Waals surface area contributed by atoms with Gasteiger partial charge in [-0.2, -0.15) is 0 Å². The topological polar surface area (TPSA) is 72.2 Å². The van der Waals surface area contributed by atoms with E-state index >= 15 is 0 Å². The molecule has 0 atom stereocenters. The number of carbonyl (C=O) groups is 1. The summed E-state index contributed by atoms with van der Waals surface area (Å²) in [4.78, 5) is 28.1. The minimum Gasteiger partial charge on any atom is -0.478 e. The number of rotatable bonds is 6. The average molecular weight is 366 g/mol. The quantitative estimate of drug-likeness (QED) is 0.679. The first-order chi connectivity index (χ1) is 13.0. The highest BCUT2D eigenvalue weighted by molar-refractivity contribution is 5.87. The van der Waals surface area contributed by atoms with E-state index in [4.69, 9.17) is 5.11 Å². The molecule has 0 radical (unpaired) electrons. The van der Waals surface area contributed by atoms with Crippen LogP contribution in [0.2, 0.25) is 0 Å². The Balaban J connectivity index is 2.07. The van der Waals surface area contributed by atoms with Gasteiger partial charge in [-0.05, 0) is 24.1 Å². The lowest BCUT2D eigenvalue weighted by Gasteiger charge is -2.13. The van der Waals surface area contributed by atoms with Gasteiger partial charge in [-0.1, -0.05) is 37.3 Å². The summed E-state index contributed by atoms with van der Waals surface area (Å²) in [5.41, 5.74) is 1.17. The molecule has 0 unspecified atom stereocenters. The predicted molar refractivity (Wildman–Crippen MR) is 102 cm³/mol. The largest absolute Gasteiger partial charge is 0.478 e. The van der Waals surface area contributed by atoms with Gasteiger partial charge in [0.2, 0.25) is 0 Å². The van der Waals surface area contributed by atoms with Crippen molar-refractivity contribution in [2.45, 2.75) is 26.3 Å². The van der Waals surface area contributed by atoms with Crippen LogP contribution in [0.25, 0.3) is 17.0 Å². The van der Waals surface area contributed by atoms with Crippen molar-refractivity contribution in [1.82, 2.24) is 9.55 Å². The summed E-state index contributed by atoms with van der Waals surface area (Å²) in [6, 6.07) is 12.4.